The summed E-state index contributed by atoms with van der Waals surface area (Å²) in [7, 11) is 0. The number of nitrogens with one attached hydrogen (secondary N) is 1. The van der Waals surface area contributed by atoms with E-state index >= 15 is 0 Å². The zero-order chi connectivity index (χ0) is 12.4. The molecule has 1 aliphatic rings. The number of H-pyrrole nitrogens is 1. The maximum Gasteiger partial charge on any atom is 0.225 e. The van der Waals surface area contributed by atoms with Crippen molar-refractivity contribution >= 4 is 18.2 Å². The predicted octanol–water partition coefficient (Wildman–Crippen LogP) is 3.15. The highest BCUT2D eigenvalue weighted by Crippen LogP contribution is 2.37. The monoisotopic (exact) mass is 254 g/mol. The molecule has 5 heteroatoms. The van der Waals surface area contributed by atoms with Crippen LogP contribution in [0.3, 0.4) is 0 Å². The summed E-state index contributed by atoms with van der Waals surface area (Å²) in [5, 5.41) is 7.35. The molecule has 1 saturated carbocycles. The Balaban J connectivity index is 2.21. The lowest BCUT2D eigenvalue weighted by Crippen LogP contribution is -2.30. The Morgan fingerprint density at radius 3 is 2.76 bits per heavy atom. The summed E-state index contributed by atoms with van der Waals surface area (Å²) in [4.78, 5) is 2.33. The zero-order valence-electron chi connectivity index (χ0n) is 10.9. The van der Waals surface area contributed by atoms with Crippen LogP contribution in [0.25, 0.3) is 0 Å². The minimum absolute atomic E-state index is 0.585. The van der Waals surface area contributed by atoms with Crippen molar-refractivity contribution in [2.24, 2.45) is 5.92 Å². The number of nitrogens with zero attached hydrogens (tertiary/aromatic N) is 3. The van der Waals surface area contributed by atoms with Gasteiger partial charge in [-0.2, -0.15) is 0 Å². The third kappa shape index (κ3) is 2.70. The molecule has 0 amide bonds. The molecule has 1 aliphatic carbocycles. The lowest BCUT2D eigenvalue weighted by Gasteiger charge is -2.25. The van der Waals surface area contributed by atoms with Gasteiger partial charge in [-0.15, -0.1) is 5.10 Å². The van der Waals surface area contributed by atoms with Gasteiger partial charge in [0, 0.05) is 19.1 Å². The molecule has 0 saturated heterocycles. The molecule has 1 aromatic rings. The Labute approximate surface area is 108 Å². The van der Waals surface area contributed by atoms with Gasteiger partial charge in [0.15, 0.2) is 4.77 Å². The number of rotatable bonds is 6. The van der Waals surface area contributed by atoms with Crippen molar-refractivity contribution in [3.63, 3.8) is 0 Å². The Morgan fingerprint density at radius 2 is 2.24 bits per heavy atom. The fourth-order valence-corrected chi connectivity index (χ4v) is 2.32. The van der Waals surface area contributed by atoms with E-state index in [1.54, 1.807) is 0 Å². The normalized spacial score (nSPS) is 17.1. The number of anilines is 1. The van der Waals surface area contributed by atoms with Crippen LogP contribution in [0.1, 0.15) is 46.1 Å². The van der Waals surface area contributed by atoms with Crippen molar-refractivity contribution in [3.8, 4) is 0 Å². The summed E-state index contributed by atoms with van der Waals surface area (Å²) in [6.45, 7) is 8.73. The van der Waals surface area contributed by atoms with Crippen LogP contribution in [0.15, 0.2) is 0 Å². The average Bonchev–Trinajstić information content (AvgIpc) is 3.09. The standard InChI is InChI=1S/C12H22N4S/c1-4-9(3)8-15(5-2)11-13-14-12(17)16(11)10-6-7-10/h9-10H,4-8H2,1-3H3,(H,14,17). The van der Waals surface area contributed by atoms with Gasteiger partial charge < -0.3 is 4.90 Å². The van der Waals surface area contributed by atoms with E-state index in [9.17, 15) is 0 Å². The number of aromatic amines is 1. The van der Waals surface area contributed by atoms with E-state index < -0.39 is 0 Å². The van der Waals surface area contributed by atoms with Gasteiger partial charge in [0.05, 0.1) is 0 Å². The van der Waals surface area contributed by atoms with Crippen molar-refractivity contribution in [3.05, 3.63) is 4.77 Å². The molecule has 0 radical (unpaired) electrons. The summed E-state index contributed by atoms with van der Waals surface area (Å²) in [6, 6.07) is 0.585. The summed E-state index contributed by atoms with van der Waals surface area (Å²) < 4.78 is 2.96. The first-order chi connectivity index (χ1) is 8.17. The molecule has 96 valence electrons. The van der Waals surface area contributed by atoms with E-state index in [0.717, 1.165) is 23.8 Å². The highest BCUT2D eigenvalue weighted by atomic mass is 32.1. The quantitative estimate of drug-likeness (QED) is 0.792. The molecular formula is C12H22N4S. The highest BCUT2D eigenvalue weighted by molar-refractivity contribution is 7.71. The third-order valence-corrected chi connectivity index (χ3v) is 3.78. The van der Waals surface area contributed by atoms with Crippen molar-refractivity contribution < 1.29 is 0 Å². The molecule has 1 fully saturated rings. The fraction of sp³-hybridized carbons (Fsp3) is 0.833. The Bertz CT molecular complexity index is 418. The molecule has 1 atom stereocenters. The molecule has 4 nitrogen and oxygen atoms in total. The van der Waals surface area contributed by atoms with Crippen LogP contribution < -0.4 is 4.90 Å². The van der Waals surface area contributed by atoms with E-state index in [4.69, 9.17) is 12.2 Å². The largest absolute Gasteiger partial charge is 0.341 e. The third-order valence-electron chi connectivity index (χ3n) is 3.49. The SMILES string of the molecule is CCC(C)CN(CC)c1n[nH]c(=S)n1C1CC1. The molecule has 0 aromatic carbocycles. The van der Waals surface area contributed by atoms with E-state index in [0.29, 0.717) is 12.0 Å². The van der Waals surface area contributed by atoms with Gasteiger partial charge >= 0.3 is 0 Å². The smallest absolute Gasteiger partial charge is 0.225 e. The second-order valence-corrected chi connectivity index (χ2v) is 5.37. The zero-order valence-corrected chi connectivity index (χ0v) is 11.8. The van der Waals surface area contributed by atoms with Gasteiger partial charge in [0.25, 0.3) is 0 Å². The minimum atomic E-state index is 0.585. The van der Waals surface area contributed by atoms with Gasteiger partial charge in [-0.25, -0.2) is 5.10 Å². The highest BCUT2D eigenvalue weighted by Gasteiger charge is 2.29. The topological polar surface area (TPSA) is 36.9 Å². The van der Waals surface area contributed by atoms with Crippen molar-refractivity contribution in [1.82, 2.24) is 14.8 Å². The van der Waals surface area contributed by atoms with Crippen molar-refractivity contribution in [2.75, 3.05) is 18.0 Å². The molecule has 2 rings (SSSR count). The molecule has 0 aliphatic heterocycles. The van der Waals surface area contributed by atoms with Crippen LogP contribution in [0.5, 0.6) is 0 Å². The van der Waals surface area contributed by atoms with Crippen LogP contribution in [0, 0.1) is 10.7 Å². The molecule has 1 heterocycles. The first-order valence-electron chi connectivity index (χ1n) is 6.59. The van der Waals surface area contributed by atoms with Crippen molar-refractivity contribution in [1.29, 1.82) is 0 Å². The summed E-state index contributed by atoms with van der Waals surface area (Å²) in [6.07, 6.45) is 3.68. The van der Waals surface area contributed by atoms with Gasteiger partial charge in [0.1, 0.15) is 0 Å². The van der Waals surface area contributed by atoms with Crippen LogP contribution in [0.2, 0.25) is 0 Å². The van der Waals surface area contributed by atoms with E-state index in [1.165, 1.54) is 19.3 Å². The number of aromatic nitrogens is 3. The maximum atomic E-state index is 5.32. The molecule has 1 unspecified atom stereocenters. The first kappa shape index (κ1) is 12.6. The lowest BCUT2D eigenvalue weighted by molar-refractivity contribution is 0.534. The Kier molecular flexibility index (Phi) is 3.86. The van der Waals surface area contributed by atoms with Gasteiger partial charge in [0.2, 0.25) is 5.95 Å². The lowest BCUT2D eigenvalue weighted by atomic mass is 10.1. The number of hydrogen-bond acceptors (Lipinski definition) is 3. The predicted molar refractivity (Wildman–Crippen MR) is 73.0 cm³/mol. The van der Waals surface area contributed by atoms with E-state index in [1.807, 2.05) is 0 Å². The minimum Gasteiger partial charge on any atom is -0.341 e. The van der Waals surface area contributed by atoms with Crippen LogP contribution in [0.4, 0.5) is 5.95 Å². The molecule has 1 aromatic heterocycles. The summed E-state index contributed by atoms with van der Waals surface area (Å²) in [5.74, 6) is 1.72. The molecule has 0 spiro atoms. The maximum absolute atomic E-state index is 5.32. The van der Waals surface area contributed by atoms with E-state index in [2.05, 4.69) is 40.4 Å². The summed E-state index contributed by atoms with van der Waals surface area (Å²) >= 11 is 5.32. The van der Waals surface area contributed by atoms with Gasteiger partial charge in [-0.05, 0) is 37.9 Å². The molecular weight excluding hydrogens is 232 g/mol. The van der Waals surface area contributed by atoms with Crippen LogP contribution in [-0.2, 0) is 0 Å². The van der Waals surface area contributed by atoms with Gasteiger partial charge in [-0.3, -0.25) is 4.57 Å². The van der Waals surface area contributed by atoms with E-state index in [-0.39, 0.29) is 0 Å². The molecule has 0 bridgehead atoms. The van der Waals surface area contributed by atoms with Crippen molar-refractivity contribution in [2.45, 2.75) is 46.1 Å². The number of hydrogen-bond donors (Lipinski definition) is 1. The van der Waals surface area contributed by atoms with Crippen LogP contribution >= 0.6 is 12.2 Å². The second kappa shape index (κ2) is 5.21. The molecule has 17 heavy (non-hydrogen) atoms. The Hall–Kier alpha value is -0.840. The van der Waals surface area contributed by atoms with Crippen LogP contribution in [-0.4, -0.2) is 27.9 Å². The Morgan fingerprint density at radius 1 is 1.53 bits per heavy atom. The second-order valence-electron chi connectivity index (χ2n) is 4.98. The fourth-order valence-electron chi connectivity index (χ4n) is 2.04. The first-order valence-corrected chi connectivity index (χ1v) is 7.00. The van der Waals surface area contributed by atoms with Gasteiger partial charge in [-0.1, -0.05) is 20.3 Å². The summed E-state index contributed by atoms with van der Waals surface area (Å²) in [5.41, 5.74) is 0. The average molecular weight is 254 g/mol. The molecule has 1 N–H and O–H groups in total.